The molecule has 0 radical (unpaired) electrons. The highest BCUT2D eigenvalue weighted by Crippen LogP contribution is 2.78. The number of nitrogens with one attached hydrogen (secondary N) is 4. The number of amides is 6. The van der Waals surface area contributed by atoms with Gasteiger partial charge in [0.2, 0.25) is 11.8 Å². The zero-order valence-corrected chi connectivity index (χ0v) is 61.9. The van der Waals surface area contributed by atoms with Crippen molar-refractivity contribution in [2.75, 3.05) is 31.1 Å². The summed E-state index contributed by atoms with van der Waals surface area (Å²) in [6, 6.07) is 9.52. The van der Waals surface area contributed by atoms with Crippen LogP contribution in [-0.2, 0) is 98.5 Å². The van der Waals surface area contributed by atoms with Crippen molar-refractivity contribution in [1.29, 1.82) is 0 Å². The van der Waals surface area contributed by atoms with Crippen LogP contribution in [0.15, 0.2) is 127 Å². The first kappa shape index (κ1) is 74.8. The first-order valence-corrected chi connectivity index (χ1v) is 40.6. The maximum absolute atomic E-state index is 15.8. The number of carbonyl (C=O) groups is 5. The largest absolute Gasteiger partial charge is 0.344 e. The van der Waals surface area contributed by atoms with Crippen molar-refractivity contribution in [2.45, 2.75) is 109 Å². The molecule has 4 aromatic carbocycles. The van der Waals surface area contributed by atoms with Gasteiger partial charge in [-0.25, -0.2) is 4.79 Å². The van der Waals surface area contributed by atoms with E-state index >= 15 is 9.59 Å². The Kier molecular flexibility index (Phi) is 17.7. The number of benzene rings is 4. The molecule has 0 aliphatic heterocycles. The van der Waals surface area contributed by atoms with Crippen molar-refractivity contribution >= 4 is 158 Å². The average Bonchev–Trinajstić information content (AvgIpc) is 1.50. The quantitative estimate of drug-likeness (QED) is 0.0358. The molecule has 6 unspecified atom stereocenters. The predicted molar refractivity (Wildman–Crippen MR) is 377 cm³/mol. The minimum Gasteiger partial charge on any atom is -0.344 e. The molecule has 4 fully saturated rings. The summed E-state index contributed by atoms with van der Waals surface area (Å²) in [5.41, 5.74) is -4.92. The van der Waals surface area contributed by atoms with Crippen LogP contribution >= 0.6 is 0 Å². The summed E-state index contributed by atoms with van der Waals surface area (Å²) >= 11 is 0. The van der Waals surface area contributed by atoms with Crippen molar-refractivity contribution in [3.8, 4) is 0 Å². The van der Waals surface area contributed by atoms with Gasteiger partial charge in [0.25, 0.3) is 72.5 Å². The molecule has 33 nitrogen and oxygen atoms in total. The van der Waals surface area contributed by atoms with Crippen molar-refractivity contribution in [2.24, 2.45) is 73.5 Å². The van der Waals surface area contributed by atoms with Gasteiger partial charge in [0.1, 0.15) is 32.8 Å². The lowest BCUT2D eigenvalue weighted by Crippen LogP contribution is -2.40. The van der Waals surface area contributed by atoms with E-state index < -0.39 is 174 Å². The summed E-state index contributed by atoms with van der Waals surface area (Å²) in [7, 11) is -26.2. The normalized spacial score (nSPS) is 21.5. The van der Waals surface area contributed by atoms with Gasteiger partial charge in [0, 0.05) is 75.9 Å². The number of hydrogen-bond donors (Lipinski definition) is 10. The lowest BCUT2D eigenvalue weighted by atomic mass is 9.79. The summed E-state index contributed by atoms with van der Waals surface area (Å²) in [5.74, 6) is -3.76. The second-order valence-corrected chi connectivity index (χ2v) is 37.1. The van der Waals surface area contributed by atoms with E-state index in [4.69, 9.17) is 0 Å². The fraction of sp³-hybridized carbons (Fsp3) is 0.369. The Morgan fingerprint density at radius 3 is 1.01 bits per heavy atom. The van der Waals surface area contributed by atoms with Crippen molar-refractivity contribution in [3.63, 3.8) is 0 Å². The summed E-state index contributed by atoms with van der Waals surface area (Å²) in [6.07, 6.45) is 8.78. The van der Waals surface area contributed by atoms with Gasteiger partial charge < -0.3 is 39.5 Å². The van der Waals surface area contributed by atoms with Gasteiger partial charge >= 0.3 is 6.03 Å². The highest BCUT2D eigenvalue weighted by Gasteiger charge is 2.77. The Hall–Kier alpha value is -8.87. The lowest BCUT2D eigenvalue weighted by Gasteiger charge is -2.34. The van der Waals surface area contributed by atoms with Crippen LogP contribution in [0.1, 0.15) is 101 Å². The fourth-order valence-electron chi connectivity index (χ4n) is 16.5. The topological polar surface area (TPSA) is 486 Å². The van der Waals surface area contributed by atoms with Crippen LogP contribution in [0.2, 0.25) is 0 Å². The van der Waals surface area contributed by atoms with Gasteiger partial charge in [-0.1, -0.05) is 54.4 Å². The molecule has 39 heteroatoms. The number of carbonyl (C=O) groups excluding carboxylic acids is 5. The fourth-order valence-corrected chi connectivity index (χ4v) is 20.3. The molecule has 4 aromatic heterocycles. The zero-order valence-electron chi connectivity index (χ0n) is 57.0. The van der Waals surface area contributed by atoms with Crippen LogP contribution in [0.25, 0.3) is 21.5 Å². The van der Waals surface area contributed by atoms with E-state index in [-0.39, 0.29) is 69.4 Å². The smallest absolute Gasteiger partial charge is 0.323 e. The van der Waals surface area contributed by atoms with Crippen LogP contribution in [-0.4, -0.2) is 126 Å². The zero-order chi connectivity index (χ0) is 76.6. The molecule has 0 saturated heterocycles. The van der Waals surface area contributed by atoms with Gasteiger partial charge in [-0.15, -0.1) is 0 Å². The van der Waals surface area contributed by atoms with Crippen LogP contribution < -0.4 is 31.1 Å². The number of aromatic nitrogens is 4. The van der Waals surface area contributed by atoms with E-state index in [0.29, 0.717) is 62.1 Å². The monoisotopic (exact) mass is 1550 g/mol. The molecule has 4 heterocycles. The Morgan fingerprint density at radius 1 is 0.404 bits per heavy atom. The lowest BCUT2D eigenvalue weighted by molar-refractivity contribution is -0.126. The Balaban J connectivity index is 0.815. The molecule has 0 spiro atoms. The second-order valence-electron chi connectivity index (χ2n) is 28.7. The summed E-state index contributed by atoms with van der Waals surface area (Å²) in [5, 5.41) is 8.36. The highest BCUT2D eigenvalue weighted by atomic mass is 32.2. The van der Waals surface area contributed by atoms with E-state index in [9.17, 15) is 92.2 Å². The number of aryl methyl sites for hydroxylation is 4. The Bertz CT molecular complexity index is 5490. The molecule has 4 saturated carbocycles. The maximum Gasteiger partial charge on any atom is 0.323 e. The molecule has 4 aliphatic carbocycles. The predicted octanol–water partition coefficient (Wildman–Crippen LogP) is 9.23. The van der Waals surface area contributed by atoms with E-state index in [1.54, 1.807) is 0 Å². The second kappa shape index (κ2) is 24.6. The first-order chi connectivity index (χ1) is 47.8. The third-order valence-corrected chi connectivity index (χ3v) is 26.6. The molecule has 104 heavy (non-hydrogen) atoms. The number of nitrogens with zero attached hydrogens (tertiary/aromatic N) is 6. The Morgan fingerprint density at radius 2 is 0.702 bits per heavy atom. The number of hydrogen-bond acceptors (Lipinski definition) is 17. The average molecular weight is 1550 g/mol. The van der Waals surface area contributed by atoms with E-state index in [1.807, 2.05) is 41.5 Å². The van der Waals surface area contributed by atoms with Crippen LogP contribution in [0.5, 0.6) is 0 Å². The highest BCUT2D eigenvalue weighted by molar-refractivity contribution is 7.87. The van der Waals surface area contributed by atoms with Crippen LogP contribution in [0.4, 0.5) is 50.6 Å². The van der Waals surface area contributed by atoms with Gasteiger partial charge in [0.15, 0.2) is 0 Å². The van der Waals surface area contributed by atoms with E-state index in [0.717, 1.165) is 34.8 Å². The number of urea groups is 1. The van der Waals surface area contributed by atoms with Crippen LogP contribution in [0.3, 0.4) is 0 Å². The van der Waals surface area contributed by atoms with Gasteiger partial charge in [-0.05, 0) is 132 Å². The van der Waals surface area contributed by atoms with Gasteiger partial charge in [0.05, 0.1) is 64.5 Å². The minimum atomic E-state index is -5.50. The van der Waals surface area contributed by atoms with Crippen molar-refractivity contribution in [3.05, 3.63) is 109 Å². The number of anilines is 8. The van der Waals surface area contributed by atoms with Crippen molar-refractivity contribution < 1.29 is 102 Å². The third kappa shape index (κ3) is 12.7. The molecule has 6 amide bonds. The molecule has 12 rings (SSSR count). The molecular formula is C65H72N10O23S6. The molecule has 8 aromatic rings. The third-order valence-electron chi connectivity index (χ3n) is 21.5. The minimum absolute atomic E-state index is 0.00666. The number of rotatable bonds is 18. The van der Waals surface area contributed by atoms with E-state index in [2.05, 4.69) is 21.3 Å². The molecule has 4 aliphatic rings. The first-order valence-electron chi connectivity index (χ1n) is 31.9. The SMILES string of the molecule is CC1CCC2C(C)(C)C2(C(=O)N(c2cc(S(=O)(=O)O)cc3cc(S(=O)(=O)O)cc(S(=O)(=O)O)c23)c2cc(NC(=O)c3cc(NC(=O)Nc4cc(C(=O)Nc5cc(N(C(=O)C67CC(C)CCC6C7(C)C)c6cc(S(=O)(=O)O)cc7cc(S(=O)(=O)O)cc(S(=O)(=O)O)c67)n(C)c5)n(C)c4)cn3C)cn2C)C1. The maximum atomic E-state index is 15.8. The van der Waals surface area contributed by atoms with Gasteiger partial charge in [-0.3, -0.25) is 56.3 Å². The Labute approximate surface area is 597 Å². The standard InChI is InChI=1S/C65H72N10O23S6/c1-33-11-13-51-62(3,4)64(51,27-33)59(78)74(45-23-41(99(81,82)83)15-35-17-43(101(87,88)89)25-49(55(35)45)103(93,94)95)53-21-39(31-72(53)9)66-57(76)47-19-37(29-70(47)7)68-61(80)69-38-20-48(71(8)30-38)58(77)67-40-22-54(73(10)32-40)75(60(79)65-28-34(2)12-14-52(65)63(65,5)6)46-24-42(100(84,85)86)16-36-18-44(102(90,91)92)26-50(56(36)46)104(96,97)98/h15-26,29-34,51-52H,11-14,27-28H2,1-10H3,(H,66,76)(H,67,77)(H2,68,69,80)(H,81,82,83)(H,84,85,86)(H,87,88,89)(H,90,91,92)(H,93,94,95)(H,96,97,98). The number of fused-ring (bicyclic) bond motifs is 4. The van der Waals surface area contributed by atoms with Crippen LogP contribution in [0, 0.1) is 45.3 Å². The van der Waals surface area contributed by atoms with Crippen molar-refractivity contribution in [1.82, 2.24) is 18.3 Å². The molecule has 10 N–H and O–H groups in total. The van der Waals surface area contributed by atoms with Gasteiger partial charge in [-0.2, -0.15) is 50.5 Å². The molecular weight excluding hydrogens is 1480 g/mol. The van der Waals surface area contributed by atoms with E-state index in [1.165, 1.54) is 95.5 Å². The summed E-state index contributed by atoms with van der Waals surface area (Å²) in [4.78, 5) is 69.4. The molecule has 6 atom stereocenters. The molecule has 556 valence electrons. The summed E-state index contributed by atoms with van der Waals surface area (Å²) in [6.45, 7) is 11.4. The molecule has 0 bridgehead atoms. The summed E-state index contributed by atoms with van der Waals surface area (Å²) < 4.78 is 223.